The van der Waals surface area contributed by atoms with Crippen LogP contribution in [-0.2, 0) is 16.0 Å². The molecule has 19 heavy (non-hydrogen) atoms. The molecule has 2 rings (SSSR count). The molecule has 1 atom stereocenters. The van der Waals surface area contributed by atoms with Gasteiger partial charge in [-0.05, 0) is 30.4 Å². The number of imidazole rings is 1. The summed E-state index contributed by atoms with van der Waals surface area (Å²) in [5.74, 6) is 0. The number of ether oxygens (including phenoxy) is 2. The van der Waals surface area contributed by atoms with Gasteiger partial charge in [0.15, 0.2) is 4.77 Å². The van der Waals surface area contributed by atoms with Crippen molar-refractivity contribution in [2.75, 3.05) is 20.8 Å². The zero-order valence-electron chi connectivity index (χ0n) is 10.8. The average Bonchev–Trinajstić information content (AvgIpc) is 2.73. The molecule has 6 heteroatoms. The van der Waals surface area contributed by atoms with Crippen molar-refractivity contribution in [3.05, 3.63) is 28.5 Å². The van der Waals surface area contributed by atoms with Crippen LogP contribution in [0, 0.1) is 16.1 Å². The normalized spacial score (nSPS) is 12.5. The molecular formula is C13H15N3O2S. The third-order valence-electron chi connectivity index (χ3n) is 2.98. The van der Waals surface area contributed by atoms with Crippen molar-refractivity contribution < 1.29 is 9.47 Å². The number of H-pyrrole nitrogens is 1. The number of rotatable bonds is 5. The van der Waals surface area contributed by atoms with Gasteiger partial charge in [0.2, 0.25) is 0 Å². The fourth-order valence-corrected chi connectivity index (χ4v) is 2.27. The molecule has 0 bridgehead atoms. The van der Waals surface area contributed by atoms with Gasteiger partial charge < -0.3 is 19.0 Å². The Labute approximate surface area is 116 Å². The molecule has 0 radical (unpaired) electrons. The van der Waals surface area contributed by atoms with Gasteiger partial charge in [-0.3, -0.25) is 0 Å². The van der Waals surface area contributed by atoms with Crippen molar-refractivity contribution in [3.63, 3.8) is 0 Å². The van der Waals surface area contributed by atoms with Crippen LogP contribution in [0.15, 0.2) is 18.2 Å². The van der Waals surface area contributed by atoms with Crippen molar-refractivity contribution in [2.24, 2.45) is 0 Å². The van der Waals surface area contributed by atoms with E-state index in [9.17, 15) is 0 Å². The summed E-state index contributed by atoms with van der Waals surface area (Å²) in [5, 5.41) is 8.97. The lowest BCUT2D eigenvalue weighted by atomic mass is 10.2. The van der Waals surface area contributed by atoms with E-state index in [1.165, 1.54) is 0 Å². The highest BCUT2D eigenvalue weighted by Crippen LogP contribution is 2.17. The Morgan fingerprint density at radius 3 is 2.89 bits per heavy atom. The number of hydrogen-bond donors (Lipinski definition) is 1. The largest absolute Gasteiger partial charge is 0.382 e. The summed E-state index contributed by atoms with van der Waals surface area (Å²) in [6, 6.07) is 7.58. The summed E-state index contributed by atoms with van der Waals surface area (Å²) in [7, 11) is 3.27. The lowest BCUT2D eigenvalue weighted by Gasteiger charge is -2.15. The molecule has 1 aromatic heterocycles. The molecule has 0 aliphatic rings. The lowest BCUT2D eigenvalue weighted by molar-refractivity contribution is 0.0188. The smallest absolute Gasteiger partial charge is 0.178 e. The van der Waals surface area contributed by atoms with Crippen LogP contribution in [-0.4, -0.2) is 36.5 Å². The molecule has 0 aliphatic carbocycles. The van der Waals surface area contributed by atoms with Crippen LogP contribution in [0.2, 0.25) is 0 Å². The first-order valence-corrected chi connectivity index (χ1v) is 6.24. The summed E-state index contributed by atoms with van der Waals surface area (Å²) in [4.78, 5) is 3.12. The standard InChI is InChI=1S/C13H15N3O2S/c1-17-8-10(18-2)7-16-12-5-9(6-14)3-4-11(12)15-13(16)19/h3-5,10H,7-8H2,1-2H3,(H,15,19). The van der Waals surface area contributed by atoms with Crippen molar-refractivity contribution in [1.29, 1.82) is 5.26 Å². The van der Waals surface area contributed by atoms with Crippen molar-refractivity contribution in [1.82, 2.24) is 9.55 Å². The summed E-state index contributed by atoms with van der Waals surface area (Å²) in [6.07, 6.45) is -0.0820. The molecular weight excluding hydrogens is 262 g/mol. The number of benzene rings is 1. The van der Waals surface area contributed by atoms with Gasteiger partial charge in [0, 0.05) is 14.2 Å². The van der Waals surface area contributed by atoms with E-state index in [1.807, 2.05) is 16.7 Å². The fraction of sp³-hybridized carbons (Fsp3) is 0.385. The topological polar surface area (TPSA) is 63.0 Å². The van der Waals surface area contributed by atoms with E-state index in [1.54, 1.807) is 20.3 Å². The van der Waals surface area contributed by atoms with Crippen LogP contribution >= 0.6 is 12.2 Å². The summed E-state index contributed by atoms with van der Waals surface area (Å²) in [6.45, 7) is 1.07. The first kappa shape index (κ1) is 13.7. The fourth-order valence-electron chi connectivity index (χ4n) is 1.99. The second kappa shape index (κ2) is 5.97. The van der Waals surface area contributed by atoms with Gasteiger partial charge in [-0.15, -0.1) is 0 Å². The van der Waals surface area contributed by atoms with E-state index in [0.717, 1.165) is 11.0 Å². The number of hydrogen-bond acceptors (Lipinski definition) is 4. The Morgan fingerprint density at radius 1 is 1.47 bits per heavy atom. The van der Waals surface area contributed by atoms with E-state index in [0.29, 0.717) is 23.5 Å². The molecule has 0 saturated carbocycles. The highest BCUT2D eigenvalue weighted by molar-refractivity contribution is 7.71. The van der Waals surface area contributed by atoms with Crippen LogP contribution in [0.25, 0.3) is 11.0 Å². The van der Waals surface area contributed by atoms with Crippen LogP contribution in [0.1, 0.15) is 5.56 Å². The van der Waals surface area contributed by atoms with Gasteiger partial charge >= 0.3 is 0 Å². The van der Waals surface area contributed by atoms with E-state index < -0.39 is 0 Å². The molecule has 1 aromatic carbocycles. The van der Waals surface area contributed by atoms with E-state index in [4.69, 9.17) is 27.0 Å². The first-order chi connectivity index (χ1) is 9.19. The molecule has 0 aliphatic heterocycles. The summed E-state index contributed by atoms with van der Waals surface area (Å²) < 4.78 is 13.0. The number of aromatic amines is 1. The summed E-state index contributed by atoms with van der Waals surface area (Å²) in [5.41, 5.74) is 2.43. The number of nitrogens with zero attached hydrogens (tertiary/aromatic N) is 2. The molecule has 0 spiro atoms. The Balaban J connectivity index is 2.44. The Hall–Kier alpha value is -1.68. The maximum absolute atomic E-state index is 8.97. The number of nitrogens with one attached hydrogen (secondary N) is 1. The Kier molecular flexibility index (Phi) is 4.32. The van der Waals surface area contributed by atoms with Gasteiger partial charge in [-0.1, -0.05) is 0 Å². The zero-order valence-corrected chi connectivity index (χ0v) is 11.7. The van der Waals surface area contributed by atoms with Crippen LogP contribution < -0.4 is 0 Å². The predicted molar refractivity (Wildman–Crippen MR) is 74.5 cm³/mol. The minimum absolute atomic E-state index is 0.0820. The maximum Gasteiger partial charge on any atom is 0.178 e. The number of fused-ring (bicyclic) bond motifs is 1. The van der Waals surface area contributed by atoms with Gasteiger partial charge in [0.1, 0.15) is 0 Å². The Bertz CT molecular complexity index is 669. The monoisotopic (exact) mass is 277 g/mol. The van der Waals surface area contributed by atoms with E-state index in [2.05, 4.69) is 11.1 Å². The number of nitriles is 1. The van der Waals surface area contributed by atoms with Crippen molar-refractivity contribution >= 4 is 23.3 Å². The SMILES string of the molecule is COCC(Cn1c(=S)[nH]c2ccc(C#N)cc21)OC. The molecule has 5 nitrogen and oxygen atoms in total. The molecule has 2 aromatic rings. The zero-order chi connectivity index (χ0) is 13.8. The predicted octanol–water partition coefficient (Wildman–Crippen LogP) is 2.23. The van der Waals surface area contributed by atoms with Crippen molar-refractivity contribution in [3.8, 4) is 6.07 Å². The van der Waals surface area contributed by atoms with Gasteiger partial charge in [0.25, 0.3) is 0 Å². The molecule has 0 amide bonds. The van der Waals surface area contributed by atoms with Crippen LogP contribution in [0.4, 0.5) is 0 Å². The van der Waals surface area contributed by atoms with Gasteiger partial charge in [-0.2, -0.15) is 5.26 Å². The highest BCUT2D eigenvalue weighted by atomic mass is 32.1. The van der Waals surface area contributed by atoms with E-state index in [-0.39, 0.29) is 6.10 Å². The van der Waals surface area contributed by atoms with Crippen LogP contribution in [0.5, 0.6) is 0 Å². The van der Waals surface area contributed by atoms with Gasteiger partial charge in [0.05, 0.1) is 41.9 Å². The summed E-state index contributed by atoms with van der Waals surface area (Å²) >= 11 is 5.31. The lowest BCUT2D eigenvalue weighted by Crippen LogP contribution is -2.23. The highest BCUT2D eigenvalue weighted by Gasteiger charge is 2.12. The Morgan fingerprint density at radius 2 is 2.26 bits per heavy atom. The molecule has 100 valence electrons. The second-order valence-corrected chi connectivity index (χ2v) is 4.58. The number of methoxy groups -OCH3 is 2. The third-order valence-corrected chi connectivity index (χ3v) is 3.30. The molecule has 0 saturated heterocycles. The third kappa shape index (κ3) is 2.84. The molecule has 1 unspecified atom stereocenters. The second-order valence-electron chi connectivity index (χ2n) is 4.20. The van der Waals surface area contributed by atoms with Crippen LogP contribution in [0.3, 0.4) is 0 Å². The van der Waals surface area contributed by atoms with Gasteiger partial charge in [-0.25, -0.2) is 0 Å². The van der Waals surface area contributed by atoms with Crippen molar-refractivity contribution in [2.45, 2.75) is 12.6 Å². The molecule has 1 heterocycles. The minimum atomic E-state index is -0.0820. The average molecular weight is 277 g/mol. The first-order valence-electron chi connectivity index (χ1n) is 5.84. The number of aromatic nitrogens is 2. The van der Waals surface area contributed by atoms with E-state index >= 15 is 0 Å². The quantitative estimate of drug-likeness (QED) is 0.851. The maximum atomic E-state index is 8.97. The minimum Gasteiger partial charge on any atom is -0.382 e. The molecule has 1 N–H and O–H groups in total. The molecule has 0 fully saturated rings.